The summed E-state index contributed by atoms with van der Waals surface area (Å²) < 4.78 is 49.2. The average Bonchev–Trinajstić information content (AvgIpc) is 1.61. The third kappa shape index (κ3) is 14.9. The monoisotopic (exact) mass is 1300 g/mol. The number of nitrogens with zero attached hydrogens (tertiary/aromatic N) is 10. The van der Waals surface area contributed by atoms with Gasteiger partial charge in [-0.1, -0.05) is 103 Å². The SMILES string of the molecule is Cc1sc2c(c1C)C(c1ccc(Cl)cc1)=N[C@@H](CC(=O)NCc1cn(CCCCCC(=O)NCCOc3ccc(-c4ccc(-c5nc6nc(O[C@@H]7CO[C@H]8[C@@H]7OC[C@H]8OC7CCCCO7)n(COCC[Si](C)(C)C)c6cc5Cl)cc4)cc3)nn1)c1nnc(C)n1-2. The zero-order chi connectivity index (χ0) is 62.5. The van der Waals surface area contributed by atoms with E-state index < -0.39 is 20.2 Å². The Kier molecular flexibility index (Phi) is 19.9. The lowest BCUT2D eigenvalue weighted by Gasteiger charge is -2.27. The van der Waals surface area contributed by atoms with Crippen LogP contribution in [-0.2, 0) is 53.1 Å². The summed E-state index contributed by atoms with van der Waals surface area (Å²) >= 11 is 15.0. The minimum atomic E-state index is -1.33. The van der Waals surface area contributed by atoms with E-state index in [2.05, 4.69) is 64.6 Å². The van der Waals surface area contributed by atoms with Gasteiger partial charge in [-0.3, -0.25) is 28.4 Å². The average molecular weight is 1300 g/mol. The normalized spacial score (nSPS) is 19.7. The number of rotatable bonds is 26. The molecule has 474 valence electrons. The molecule has 3 fully saturated rings. The molecular formula is C65H76Cl2N12O9SSi. The summed E-state index contributed by atoms with van der Waals surface area (Å²) in [6, 6.07) is 26.2. The van der Waals surface area contributed by atoms with E-state index in [-0.39, 0.29) is 56.1 Å². The van der Waals surface area contributed by atoms with Gasteiger partial charge in [0.05, 0.1) is 60.9 Å². The van der Waals surface area contributed by atoms with Crippen molar-refractivity contribution in [1.82, 2.24) is 54.9 Å². The fourth-order valence-corrected chi connectivity index (χ4v) is 13.9. The van der Waals surface area contributed by atoms with E-state index in [0.717, 1.165) is 94.5 Å². The van der Waals surface area contributed by atoms with Crippen molar-refractivity contribution in [2.75, 3.05) is 39.6 Å². The third-order valence-corrected chi connectivity index (χ3v) is 20.1. The van der Waals surface area contributed by atoms with Gasteiger partial charge in [-0.05, 0) is 106 Å². The van der Waals surface area contributed by atoms with Gasteiger partial charge in [-0.2, -0.15) is 4.98 Å². The molecule has 12 rings (SSSR count). The smallest absolute Gasteiger partial charge is 0.301 e. The Hall–Kier alpha value is -6.93. The first kappa shape index (κ1) is 63.2. The summed E-state index contributed by atoms with van der Waals surface area (Å²) in [7, 11) is -1.33. The molecule has 8 aromatic rings. The molecular weight excluding hydrogens is 1220 g/mol. The number of aromatic nitrogens is 9. The number of benzene rings is 3. The van der Waals surface area contributed by atoms with Gasteiger partial charge in [0.1, 0.15) is 60.0 Å². The molecule has 4 aliphatic heterocycles. The number of aliphatic imine (C=N–C) groups is 1. The molecule has 3 aromatic carbocycles. The minimum Gasteiger partial charge on any atom is -0.492 e. The highest BCUT2D eigenvalue weighted by molar-refractivity contribution is 7.15. The lowest BCUT2D eigenvalue weighted by Crippen LogP contribution is -2.38. The minimum absolute atomic E-state index is 0.0241. The predicted octanol–water partition coefficient (Wildman–Crippen LogP) is 11.4. The first-order valence-corrected chi connectivity index (χ1v) is 36.3. The number of unbranched alkanes of at least 4 members (excludes halogenated alkanes) is 2. The molecule has 1 unspecified atom stereocenters. The van der Waals surface area contributed by atoms with Gasteiger partial charge < -0.3 is 43.8 Å². The number of aryl methyl sites for hydroxylation is 3. The van der Waals surface area contributed by atoms with Gasteiger partial charge in [0.15, 0.2) is 23.9 Å². The van der Waals surface area contributed by atoms with Crippen molar-refractivity contribution >= 4 is 71.3 Å². The maximum atomic E-state index is 13.6. The number of halogens is 2. The maximum absolute atomic E-state index is 13.6. The van der Waals surface area contributed by atoms with E-state index in [0.29, 0.717) is 103 Å². The van der Waals surface area contributed by atoms with Crippen LogP contribution in [0.25, 0.3) is 38.5 Å². The third-order valence-electron chi connectivity index (χ3n) is 16.7. The van der Waals surface area contributed by atoms with Crippen molar-refractivity contribution in [2.24, 2.45) is 4.99 Å². The molecule has 90 heavy (non-hydrogen) atoms. The standard InChI is InChI=1S/C65H76Cl2N12O9SSi/c1-39-40(2)89-64-57(39)59(45-18-22-46(66)23-19-45)70-50(63-75-73-41(3)79(63)64)33-55(81)69-34-47-35-77(76-74-47)27-10-7-8-12-54(80)68-26-29-83-48-24-20-43(21-25-48)42-14-16-44(17-15-42)58-49(67)32-51-62(71-58)72-65(78(51)38-82-30-31-90(4,5)6)88-53-37-86-60-52(36-85-61(53)60)87-56-13-9-11-28-84-56/h14-25,32,35,50,52-53,56,60-61H,7-13,26-31,33-34,36-38H2,1-6H3,(H,68,80)(H,69,81)/t50-,52+,53+,56?,60+,61+/m0/s1. The van der Waals surface area contributed by atoms with E-state index in [4.69, 9.17) is 71.3 Å². The summed E-state index contributed by atoms with van der Waals surface area (Å²) in [5.74, 6) is 1.82. The van der Waals surface area contributed by atoms with Gasteiger partial charge in [0.25, 0.3) is 0 Å². The topological polar surface area (TPSA) is 227 Å². The fourth-order valence-electron chi connectivity index (χ4n) is 11.6. The summed E-state index contributed by atoms with van der Waals surface area (Å²) in [5.41, 5.74) is 9.12. The van der Waals surface area contributed by atoms with Gasteiger partial charge in [-0.25, -0.2) is 4.98 Å². The molecule has 2 N–H and O–H groups in total. The number of pyridine rings is 1. The summed E-state index contributed by atoms with van der Waals surface area (Å²) in [6.45, 7) is 16.9. The van der Waals surface area contributed by atoms with Gasteiger partial charge in [0.2, 0.25) is 11.8 Å². The summed E-state index contributed by atoms with van der Waals surface area (Å²) in [5, 5.41) is 25.6. The molecule has 0 aliphatic carbocycles. The number of nitrogens with one attached hydrogen (secondary N) is 2. The molecule has 9 heterocycles. The highest BCUT2D eigenvalue weighted by Gasteiger charge is 2.51. The Morgan fingerprint density at radius 2 is 1.54 bits per heavy atom. The van der Waals surface area contributed by atoms with Crippen molar-refractivity contribution < 1.29 is 42.7 Å². The number of amides is 2. The molecule has 25 heteroatoms. The number of thiophene rings is 1. The van der Waals surface area contributed by atoms with Crippen LogP contribution in [0.5, 0.6) is 11.8 Å². The van der Waals surface area contributed by atoms with Crippen molar-refractivity contribution in [3.05, 3.63) is 134 Å². The second-order valence-corrected chi connectivity index (χ2v) is 32.2. The molecule has 0 bridgehead atoms. The number of carbonyl (C=O) groups excluding carboxylic acids is 2. The zero-order valence-electron chi connectivity index (χ0n) is 51.6. The quantitative estimate of drug-likeness (QED) is 0.0380. The van der Waals surface area contributed by atoms with Gasteiger partial charge in [-0.15, -0.1) is 26.6 Å². The molecule has 2 amide bonds. The lowest BCUT2D eigenvalue weighted by atomic mass is 9.99. The van der Waals surface area contributed by atoms with Crippen LogP contribution in [0.2, 0.25) is 35.7 Å². The number of hydrogen-bond donors (Lipinski definition) is 2. The van der Waals surface area contributed by atoms with Gasteiger partial charge in [0, 0.05) is 60.8 Å². The number of imidazole rings is 1. The fraction of sp³-hybridized carbons (Fsp3) is 0.462. The Bertz CT molecular complexity index is 3840. The Balaban J connectivity index is 0.570. The van der Waals surface area contributed by atoms with Crippen LogP contribution < -0.4 is 20.1 Å². The van der Waals surface area contributed by atoms with Crippen LogP contribution >= 0.6 is 34.5 Å². The second kappa shape index (κ2) is 28.3. The zero-order valence-corrected chi connectivity index (χ0v) is 54.9. The van der Waals surface area contributed by atoms with Crippen LogP contribution in [0.3, 0.4) is 0 Å². The summed E-state index contributed by atoms with van der Waals surface area (Å²) in [6.07, 6.45) is 6.21. The molecule has 0 saturated carbocycles. The molecule has 0 spiro atoms. The number of hydrogen-bond acceptors (Lipinski definition) is 17. The van der Waals surface area contributed by atoms with E-state index in [1.54, 1.807) is 16.0 Å². The maximum Gasteiger partial charge on any atom is 0.301 e. The van der Waals surface area contributed by atoms with E-state index in [1.807, 2.05) is 101 Å². The van der Waals surface area contributed by atoms with Crippen LogP contribution in [0, 0.1) is 20.8 Å². The Labute approximate surface area is 538 Å². The second-order valence-electron chi connectivity index (χ2n) is 24.5. The van der Waals surface area contributed by atoms with E-state index in [9.17, 15) is 9.59 Å². The molecule has 3 saturated heterocycles. The molecule has 4 aliphatic rings. The number of carbonyl (C=O) groups is 2. The van der Waals surface area contributed by atoms with Gasteiger partial charge >= 0.3 is 6.01 Å². The van der Waals surface area contributed by atoms with Crippen molar-refractivity contribution in [3.63, 3.8) is 0 Å². The predicted molar refractivity (Wildman–Crippen MR) is 347 cm³/mol. The van der Waals surface area contributed by atoms with Crippen molar-refractivity contribution in [3.8, 4) is 39.1 Å². The van der Waals surface area contributed by atoms with Crippen molar-refractivity contribution in [1.29, 1.82) is 0 Å². The van der Waals surface area contributed by atoms with Crippen molar-refractivity contribution in [2.45, 2.75) is 154 Å². The Morgan fingerprint density at radius 1 is 0.800 bits per heavy atom. The van der Waals surface area contributed by atoms with Crippen LogP contribution in [0.15, 0.2) is 90.1 Å². The Morgan fingerprint density at radius 3 is 2.31 bits per heavy atom. The van der Waals surface area contributed by atoms with Crippen LogP contribution in [0.4, 0.5) is 0 Å². The molecule has 5 aromatic heterocycles. The number of ether oxygens (including phenoxy) is 7. The first-order valence-electron chi connectivity index (χ1n) is 31.0. The highest BCUT2D eigenvalue weighted by Crippen LogP contribution is 2.41. The van der Waals surface area contributed by atoms with Crippen LogP contribution in [-0.4, -0.2) is 140 Å². The largest absolute Gasteiger partial charge is 0.492 e. The molecule has 6 atom stereocenters. The lowest BCUT2D eigenvalue weighted by molar-refractivity contribution is -0.202. The molecule has 21 nitrogen and oxygen atoms in total. The van der Waals surface area contributed by atoms with E-state index >= 15 is 0 Å². The first-order chi connectivity index (χ1) is 43.6. The number of fused-ring (bicyclic) bond motifs is 5. The van der Waals surface area contributed by atoms with Crippen LogP contribution in [0.1, 0.15) is 96.3 Å². The van der Waals surface area contributed by atoms with E-state index in [1.165, 1.54) is 4.88 Å². The molecule has 0 radical (unpaired) electrons. The highest BCUT2D eigenvalue weighted by atomic mass is 35.5. The summed E-state index contributed by atoms with van der Waals surface area (Å²) in [4.78, 5) is 42.6.